The zero-order valence-corrected chi connectivity index (χ0v) is 15.7. The number of aromatic nitrogens is 2. The Bertz CT molecular complexity index is 785. The molecule has 6 nitrogen and oxygen atoms in total. The molecule has 0 spiro atoms. The lowest BCUT2D eigenvalue weighted by molar-refractivity contribution is 0.0657. The Labute approximate surface area is 153 Å². The molecule has 2 fully saturated rings. The molecule has 1 amide bonds. The van der Waals surface area contributed by atoms with Crippen molar-refractivity contribution in [3.63, 3.8) is 0 Å². The number of hydrogen-bond donors (Lipinski definition) is 1. The summed E-state index contributed by atoms with van der Waals surface area (Å²) in [5.74, 6) is 0.726. The van der Waals surface area contributed by atoms with Crippen LogP contribution in [0.3, 0.4) is 0 Å². The third-order valence-electron chi connectivity index (χ3n) is 5.03. The van der Waals surface area contributed by atoms with Crippen LogP contribution in [0.5, 0.6) is 0 Å². The summed E-state index contributed by atoms with van der Waals surface area (Å²) in [6, 6.07) is 2.17. The van der Waals surface area contributed by atoms with Gasteiger partial charge in [-0.05, 0) is 31.7 Å². The van der Waals surface area contributed by atoms with E-state index in [0.29, 0.717) is 17.2 Å². The molecule has 1 atom stereocenters. The molecule has 1 saturated carbocycles. The summed E-state index contributed by atoms with van der Waals surface area (Å²) in [6.07, 6.45) is 2.28. The van der Waals surface area contributed by atoms with Crippen LogP contribution < -0.4 is 5.32 Å². The second-order valence-corrected chi connectivity index (χ2v) is 7.32. The lowest BCUT2D eigenvalue weighted by atomic mass is 10.0. The Kier molecular flexibility index (Phi) is 5.02. The third kappa shape index (κ3) is 3.25. The highest BCUT2D eigenvalue weighted by Crippen LogP contribution is 2.41. The highest BCUT2D eigenvalue weighted by molar-refractivity contribution is 6.06. The van der Waals surface area contributed by atoms with E-state index in [-0.39, 0.29) is 30.3 Å². The lowest BCUT2D eigenvalue weighted by Gasteiger charge is -2.34. The fourth-order valence-corrected chi connectivity index (χ4v) is 3.44. The van der Waals surface area contributed by atoms with Crippen molar-refractivity contribution in [3.05, 3.63) is 23.0 Å². The quantitative estimate of drug-likeness (QED) is 0.906. The fraction of sp³-hybridized carbons (Fsp3) is 0.611. The van der Waals surface area contributed by atoms with Gasteiger partial charge < -0.3 is 14.7 Å². The smallest absolute Gasteiger partial charge is 0.259 e. The molecule has 0 radical (unpaired) electrons. The van der Waals surface area contributed by atoms with E-state index in [1.165, 1.54) is 0 Å². The zero-order chi connectivity index (χ0) is 16.8. The molecule has 136 valence electrons. The molecule has 2 aliphatic rings. The predicted octanol–water partition coefficient (Wildman–Crippen LogP) is 3.08. The molecule has 2 aromatic rings. The molecule has 4 rings (SSSR count). The van der Waals surface area contributed by atoms with E-state index in [1.54, 1.807) is 0 Å². The van der Waals surface area contributed by atoms with E-state index in [4.69, 9.17) is 4.52 Å². The summed E-state index contributed by atoms with van der Waals surface area (Å²) in [6.45, 7) is 8.60. The first-order chi connectivity index (χ1) is 11.6. The molecule has 0 aromatic carbocycles. The highest BCUT2D eigenvalue weighted by Gasteiger charge is 2.32. The first-order valence-corrected chi connectivity index (χ1v) is 8.88. The maximum Gasteiger partial charge on any atom is 0.259 e. The van der Waals surface area contributed by atoms with Gasteiger partial charge in [0.2, 0.25) is 0 Å². The number of nitrogens with one attached hydrogen (secondary N) is 1. The number of carbonyl (C=O) groups excluding carboxylic acids is 1. The summed E-state index contributed by atoms with van der Waals surface area (Å²) in [4.78, 5) is 19.9. The van der Waals surface area contributed by atoms with Gasteiger partial charge in [-0.3, -0.25) is 4.79 Å². The number of nitrogens with zero attached hydrogens (tertiary/aromatic N) is 3. The molecule has 2 aromatic heterocycles. The largest absolute Gasteiger partial charge is 0.335 e. The number of pyridine rings is 1. The number of hydrogen-bond acceptors (Lipinski definition) is 5. The molecular weight excluding hydrogens is 340 g/mol. The number of rotatable bonds is 3. The van der Waals surface area contributed by atoms with Gasteiger partial charge in [0.25, 0.3) is 11.6 Å². The Morgan fingerprint density at radius 1 is 1.40 bits per heavy atom. The van der Waals surface area contributed by atoms with Crippen LogP contribution in [-0.2, 0) is 0 Å². The molecule has 25 heavy (non-hydrogen) atoms. The van der Waals surface area contributed by atoms with Crippen LogP contribution in [0.25, 0.3) is 11.1 Å². The summed E-state index contributed by atoms with van der Waals surface area (Å²) in [5, 5.41) is 8.33. The summed E-state index contributed by atoms with van der Waals surface area (Å²) in [7, 11) is 0. The van der Waals surface area contributed by atoms with Crippen molar-refractivity contribution < 1.29 is 9.32 Å². The Morgan fingerprint density at radius 3 is 2.80 bits per heavy atom. The molecule has 7 heteroatoms. The summed E-state index contributed by atoms with van der Waals surface area (Å²) in [5.41, 5.74) is 3.01. The van der Waals surface area contributed by atoms with E-state index in [9.17, 15) is 4.79 Å². The SMILES string of the molecule is CC(C)c1noc2nc(C3CC3)cc(C(=O)N3CCNC[C@H]3C)c12.Cl. The first kappa shape index (κ1) is 18.1. The van der Waals surface area contributed by atoms with Gasteiger partial charge in [0.1, 0.15) is 0 Å². The minimum absolute atomic E-state index is 0. The number of carbonyl (C=O) groups is 1. The summed E-state index contributed by atoms with van der Waals surface area (Å²) >= 11 is 0. The van der Waals surface area contributed by atoms with Crippen LogP contribution >= 0.6 is 12.4 Å². The maximum absolute atomic E-state index is 13.3. The minimum Gasteiger partial charge on any atom is -0.335 e. The Morgan fingerprint density at radius 2 is 2.16 bits per heavy atom. The number of halogens is 1. The average molecular weight is 365 g/mol. The maximum atomic E-state index is 13.3. The van der Waals surface area contributed by atoms with Gasteiger partial charge in [0, 0.05) is 37.3 Å². The fourth-order valence-electron chi connectivity index (χ4n) is 3.44. The van der Waals surface area contributed by atoms with Crippen molar-refractivity contribution in [2.75, 3.05) is 19.6 Å². The van der Waals surface area contributed by atoms with Gasteiger partial charge in [-0.25, -0.2) is 4.98 Å². The topological polar surface area (TPSA) is 71.3 Å². The second-order valence-electron chi connectivity index (χ2n) is 7.32. The van der Waals surface area contributed by atoms with Crippen molar-refractivity contribution in [1.82, 2.24) is 20.4 Å². The molecule has 1 saturated heterocycles. The molecule has 1 aliphatic carbocycles. The van der Waals surface area contributed by atoms with Crippen LogP contribution in [-0.4, -0.2) is 46.6 Å². The van der Waals surface area contributed by atoms with Crippen LogP contribution in [0, 0.1) is 0 Å². The normalized spacial score (nSPS) is 20.8. The van der Waals surface area contributed by atoms with Crippen LogP contribution in [0.1, 0.15) is 67.2 Å². The molecule has 1 N–H and O–H groups in total. The predicted molar refractivity (Wildman–Crippen MR) is 98.5 cm³/mol. The van der Waals surface area contributed by atoms with Crippen LogP contribution in [0.2, 0.25) is 0 Å². The van der Waals surface area contributed by atoms with E-state index < -0.39 is 0 Å². The third-order valence-corrected chi connectivity index (χ3v) is 5.03. The number of piperazine rings is 1. The van der Waals surface area contributed by atoms with Crippen molar-refractivity contribution in [1.29, 1.82) is 0 Å². The minimum atomic E-state index is 0. The van der Waals surface area contributed by atoms with Crippen molar-refractivity contribution >= 4 is 29.4 Å². The van der Waals surface area contributed by atoms with Crippen molar-refractivity contribution in [2.45, 2.75) is 51.5 Å². The zero-order valence-electron chi connectivity index (χ0n) is 14.9. The van der Waals surface area contributed by atoms with Crippen LogP contribution in [0.15, 0.2) is 10.6 Å². The van der Waals surface area contributed by atoms with Crippen molar-refractivity contribution in [2.24, 2.45) is 0 Å². The lowest BCUT2D eigenvalue weighted by Crippen LogP contribution is -2.52. The van der Waals surface area contributed by atoms with Gasteiger partial charge in [-0.15, -0.1) is 12.4 Å². The van der Waals surface area contributed by atoms with Gasteiger partial charge in [-0.2, -0.15) is 0 Å². The van der Waals surface area contributed by atoms with Gasteiger partial charge in [0.15, 0.2) is 0 Å². The average Bonchev–Trinajstić information content (AvgIpc) is 3.32. The second kappa shape index (κ2) is 6.92. The number of amides is 1. The first-order valence-electron chi connectivity index (χ1n) is 8.88. The summed E-state index contributed by atoms with van der Waals surface area (Å²) < 4.78 is 5.49. The van der Waals surface area contributed by atoms with Crippen LogP contribution in [0.4, 0.5) is 0 Å². The molecule has 0 unspecified atom stereocenters. The molecule has 0 bridgehead atoms. The van der Waals surface area contributed by atoms with Gasteiger partial charge >= 0.3 is 0 Å². The molecular formula is C18H25ClN4O2. The van der Waals surface area contributed by atoms with E-state index in [2.05, 4.69) is 36.2 Å². The Hall–Kier alpha value is -1.66. The van der Waals surface area contributed by atoms with E-state index in [1.807, 2.05) is 11.0 Å². The molecule has 3 heterocycles. The monoisotopic (exact) mass is 364 g/mol. The number of fused-ring (bicyclic) bond motifs is 1. The Balaban J connectivity index is 0.00000182. The van der Waals surface area contributed by atoms with Gasteiger partial charge in [0.05, 0.1) is 16.6 Å². The van der Waals surface area contributed by atoms with Crippen molar-refractivity contribution in [3.8, 4) is 0 Å². The molecule has 1 aliphatic heterocycles. The standard InChI is InChI=1S/C18H24N4O2.ClH/c1-10(2)16-15-13(18(23)22-7-6-19-9-11(22)3)8-14(12-4-5-12)20-17(15)24-21-16;/h8,10-12,19H,4-7,9H2,1-3H3;1H/t11-;/m1./s1. The van der Waals surface area contributed by atoms with E-state index >= 15 is 0 Å². The van der Waals surface area contributed by atoms with E-state index in [0.717, 1.165) is 49.2 Å². The van der Waals surface area contributed by atoms with Gasteiger partial charge in [-0.1, -0.05) is 19.0 Å². The highest BCUT2D eigenvalue weighted by atomic mass is 35.5.